The topological polar surface area (TPSA) is 111 Å². The number of hydrazone groups is 1. The number of amides is 1. The van der Waals surface area contributed by atoms with Crippen molar-refractivity contribution in [2.45, 2.75) is 6.92 Å². The largest absolute Gasteiger partial charge is 0.416 e. The highest BCUT2D eigenvalue weighted by molar-refractivity contribution is 5.95. The maximum Gasteiger partial charge on any atom is 0.343 e. The number of aryl methyl sites for hydroxylation is 1. The highest BCUT2D eigenvalue weighted by Gasteiger charge is 2.19. The summed E-state index contributed by atoms with van der Waals surface area (Å²) < 4.78 is 5.16. The molecule has 0 aliphatic carbocycles. The number of nitro benzene ring substituents is 1. The highest BCUT2D eigenvalue weighted by Crippen LogP contribution is 2.28. The second kappa shape index (κ2) is 9.24. The molecule has 0 aliphatic rings. The average molecular weight is 403 g/mol. The molecular weight excluding hydrogens is 386 g/mol. The van der Waals surface area contributed by atoms with Gasteiger partial charge >= 0.3 is 11.7 Å². The predicted octanol–water partition coefficient (Wildman–Crippen LogP) is 3.89. The van der Waals surface area contributed by atoms with Crippen LogP contribution in [0.5, 0.6) is 5.75 Å². The van der Waals surface area contributed by atoms with Gasteiger partial charge in [0.1, 0.15) is 0 Å². The van der Waals surface area contributed by atoms with Crippen LogP contribution in [0.15, 0.2) is 77.9 Å². The summed E-state index contributed by atoms with van der Waals surface area (Å²) in [5.41, 5.74) is 3.98. The van der Waals surface area contributed by atoms with Crippen LogP contribution in [0.1, 0.15) is 31.8 Å². The molecule has 0 atom stereocenters. The van der Waals surface area contributed by atoms with Gasteiger partial charge in [-0.25, -0.2) is 10.2 Å². The number of nitrogens with zero attached hydrogens (tertiary/aromatic N) is 2. The lowest BCUT2D eigenvalue weighted by Gasteiger charge is -2.06. The summed E-state index contributed by atoms with van der Waals surface area (Å²) in [6.45, 7) is 1.87. The Bertz CT molecular complexity index is 1130. The lowest BCUT2D eigenvalue weighted by atomic mass is 10.1. The van der Waals surface area contributed by atoms with Crippen LogP contribution in [-0.4, -0.2) is 23.0 Å². The molecule has 0 fully saturated rings. The van der Waals surface area contributed by atoms with E-state index in [-0.39, 0.29) is 11.3 Å². The van der Waals surface area contributed by atoms with Gasteiger partial charge in [-0.15, -0.1) is 0 Å². The number of esters is 1. The van der Waals surface area contributed by atoms with Gasteiger partial charge < -0.3 is 4.74 Å². The van der Waals surface area contributed by atoms with Gasteiger partial charge in [0.15, 0.2) is 0 Å². The zero-order chi connectivity index (χ0) is 21.5. The summed E-state index contributed by atoms with van der Waals surface area (Å²) in [4.78, 5) is 35.0. The maximum atomic E-state index is 12.2. The fourth-order valence-corrected chi connectivity index (χ4v) is 2.59. The van der Waals surface area contributed by atoms with Crippen molar-refractivity contribution >= 4 is 23.8 Å². The van der Waals surface area contributed by atoms with Crippen molar-refractivity contribution in [1.82, 2.24) is 5.43 Å². The molecule has 0 bridgehead atoms. The number of carbonyl (C=O) groups excluding carboxylic acids is 2. The van der Waals surface area contributed by atoms with Crippen LogP contribution in [-0.2, 0) is 0 Å². The molecule has 3 aromatic rings. The number of ether oxygens (including phenoxy) is 1. The molecule has 3 rings (SSSR count). The lowest BCUT2D eigenvalue weighted by molar-refractivity contribution is -0.385. The van der Waals surface area contributed by atoms with Gasteiger partial charge in [-0.1, -0.05) is 35.9 Å². The molecule has 8 nitrogen and oxygen atoms in total. The van der Waals surface area contributed by atoms with Crippen LogP contribution >= 0.6 is 0 Å². The quantitative estimate of drug-likeness (QED) is 0.221. The minimum absolute atomic E-state index is 0.185. The van der Waals surface area contributed by atoms with Gasteiger partial charge in [0.05, 0.1) is 16.7 Å². The Labute approximate surface area is 172 Å². The lowest BCUT2D eigenvalue weighted by Crippen LogP contribution is -2.17. The summed E-state index contributed by atoms with van der Waals surface area (Å²) >= 11 is 0. The number of benzene rings is 3. The number of nitrogens with one attached hydrogen (secondary N) is 1. The number of rotatable bonds is 6. The number of carbonyl (C=O) groups is 2. The van der Waals surface area contributed by atoms with E-state index in [0.29, 0.717) is 11.1 Å². The number of nitro groups is 1. The maximum absolute atomic E-state index is 12.2. The predicted molar refractivity (Wildman–Crippen MR) is 111 cm³/mol. The smallest absolute Gasteiger partial charge is 0.343 e. The normalized spacial score (nSPS) is 10.6. The van der Waals surface area contributed by atoms with Crippen molar-refractivity contribution in [1.29, 1.82) is 0 Å². The summed E-state index contributed by atoms with van der Waals surface area (Å²) in [5, 5.41) is 15.2. The van der Waals surface area contributed by atoms with E-state index in [1.165, 1.54) is 24.4 Å². The van der Waals surface area contributed by atoms with Crippen molar-refractivity contribution < 1.29 is 19.2 Å². The minimum atomic E-state index is -0.703. The monoisotopic (exact) mass is 403 g/mol. The Hall–Kier alpha value is -4.33. The van der Waals surface area contributed by atoms with Crippen molar-refractivity contribution in [3.05, 3.63) is 105 Å². The van der Waals surface area contributed by atoms with Gasteiger partial charge in [-0.2, -0.15) is 5.10 Å². The third-order valence-electron chi connectivity index (χ3n) is 4.05. The van der Waals surface area contributed by atoms with Crippen LogP contribution in [0.4, 0.5) is 5.69 Å². The Morgan fingerprint density at radius 2 is 1.73 bits per heavy atom. The summed E-state index contributed by atoms with van der Waals surface area (Å²) in [5.74, 6) is -1.29. The molecule has 1 amide bonds. The van der Waals surface area contributed by atoms with Gasteiger partial charge in [-0.05, 0) is 43.3 Å². The van der Waals surface area contributed by atoms with Crippen molar-refractivity contribution in [3.8, 4) is 5.75 Å². The van der Waals surface area contributed by atoms with E-state index in [2.05, 4.69) is 10.5 Å². The van der Waals surface area contributed by atoms with E-state index in [4.69, 9.17) is 4.74 Å². The van der Waals surface area contributed by atoms with Crippen LogP contribution in [0.2, 0.25) is 0 Å². The molecule has 0 heterocycles. The average Bonchev–Trinajstić information content (AvgIpc) is 2.75. The van der Waals surface area contributed by atoms with E-state index in [1.54, 1.807) is 48.5 Å². The van der Waals surface area contributed by atoms with E-state index < -0.39 is 22.5 Å². The first kappa shape index (κ1) is 20.4. The molecule has 0 saturated heterocycles. The van der Waals surface area contributed by atoms with E-state index >= 15 is 0 Å². The van der Waals surface area contributed by atoms with Crippen LogP contribution < -0.4 is 10.2 Å². The summed E-state index contributed by atoms with van der Waals surface area (Å²) in [6, 6.07) is 19.2. The van der Waals surface area contributed by atoms with Crippen molar-refractivity contribution in [3.63, 3.8) is 0 Å². The molecule has 0 spiro atoms. The number of hydrogen-bond acceptors (Lipinski definition) is 6. The molecule has 0 unspecified atom stereocenters. The zero-order valence-corrected chi connectivity index (χ0v) is 15.9. The van der Waals surface area contributed by atoms with Gasteiger partial charge in [0.25, 0.3) is 5.91 Å². The molecule has 3 aromatic carbocycles. The second-order valence-electron chi connectivity index (χ2n) is 6.31. The Morgan fingerprint density at radius 1 is 1.00 bits per heavy atom. The second-order valence-corrected chi connectivity index (χ2v) is 6.31. The van der Waals surface area contributed by atoms with Gasteiger partial charge in [0.2, 0.25) is 5.75 Å². The van der Waals surface area contributed by atoms with Gasteiger partial charge in [0, 0.05) is 17.2 Å². The molecule has 30 heavy (non-hydrogen) atoms. The minimum Gasteiger partial charge on any atom is -0.416 e. The molecular formula is C22H17N3O5. The molecule has 0 radical (unpaired) electrons. The van der Waals surface area contributed by atoms with Crippen LogP contribution in [0.3, 0.4) is 0 Å². The zero-order valence-electron chi connectivity index (χ0n) is 15.9. The van der Waals surface area contributed by atoms with Gasteiger partial charge in [-0.3, -0.25) is 14.9 Å². The van der Waals surface area contributed by atoms with Crippen LogP contribution in [0.25, 0.3) is 0 Å². The van der Waals surface area contributed by atoms with Crippen LogP contribution in [0, 0.1) is 17.0 Å². The fourth-order valence-electron chi connectivity index (χ4n) is 2.59. The first-order valence-corrected chi connectivity index (χ1v) is 8.90. The number of hydrogen-bond donors (Lipinski definition) is 1. The molecule has 0 aliphatic heterocycles. The molecule has 1 N–H and O–H groups in total. The van der Waals surface area contributed by atoms with Crippen molar-refractivity contribution in [2.75, 3.05) is 0 Å². The van der Waals surface area contributed by atoms with E-state index in [1.807, 2.05) is 13.0 Å². The molecule has 8 heteroatoms. The molecule has 0 saturated carbocycles. The molecule has 0 aromatic heterocycles. The Balaban J connectivity index is 1.73. The van der Waals surface area contributed by atoms with Crippen molar-refractivity contribution in [2.24, 2.45) is 5.10 Å². The first-order chi connectivity index (χ1) is 14.4. The Morgan fingerprint density at radius 3 is 2.43 bits per heavy atom. The third kappa shape index (κ3) is 5.14. The summed E-state index contributed by atoms with van der Waals surface area (Å²) in [6.07, 6.45) is 1.27. The van der Waals surface area contributed by atoms with E-state index in [9.17, 15) is 19.7 Å². The SMILES string of the molecule is Cc1cccc(C(=O)N/N=C\c2ccc(OC(=O)c3ccccc3)c([N+](=O)[O-])c2)c1. The first-order valence-electron chi connectivity index (χ1n) is 8.90. The van der Waals surface area contributed by atoms with E-state index in [0.717, 1.165) is 5.56 Å². The standard InChI is InChI=1S/C22H17N3O5/c1-15-6-5-9-18(12-15)21(26)24-23-14-16-10-11-20(19(13-16)25(28)29)30-22(27)17-7-3-2-4-8-17/h2-14H,1H3,(H,24,26)/b23-14-. The highest BCUT2D eigenvalue weighted by atomic mass is 16.6. The fraction of sp³-hybridized carbons (Fsp3) is 0.0455. The molecule has 150 valence electrons. The summed E-state index contributed by atoms with van der Waals surface area (Å²) in [7, 11) is 0. The third-order valence-corrected chi connectivity index (χ3v) is 4.05. The Kier molecular flexibility index (Phi) is 6.29.